The summed E-state index contributed by atoms with van der Waals surface area (Å²) in [5.74, 6) is 0.792. The third-order valence-corrected chi connectivity index (χ3v) is 5.91. The van der Waals surface area contributed by atoms with Crippen LogP contribution in [0.2, 0.25) is 0 Å². The molecule has 1 rings (SSSR count). The van der Waals surface area contributed by atoms with E-state index in [0.29, 0.717) is 4.83 Å². The predicted molar refractivity (Wildman–Crippen MR) is 72.5 cm³/mol. The zero-order chi connectivity index (χ0) is 10.7. The average Bonchev–Trinajstić information content (AvgIpc) is 2.47. The van der Waals surface area contributed by atoms with Crippen molar-refractivity contribution in [3.05, 3.63) is 20.3 Å². The topological polar surface area (TPSA) is 0 Å². The first-order valence-corrected chi connectivity index (χ1v) is 7.47. The van der Waals surface area contributed by atoms with Gasteiger partial charge in [-0.2, -0.15) is 0 Å². The van der Waals surface area contributed by atoms with Crippen LogP contribution in [0.4, 0.5) is 0 Å². The van der Waals surface area contributed by atoms with Crippen LogP contribution in [0.1, 0.15) is 41.3 Å². The lowest BCUT2D eigenvalue weighted by atomic mass is 10.0. The van der Waals surface area contributed by atoms with E-state index in [9.17, 15) is 0 Å². The molecule has 2 atom stereocenters. The highest BCUT2D eigenvalue weighted by atomic mass is 79.9. The third-order valence-electron chi connectivity index (χ3n) is 2.49. The molecule has 0 amide bonds. The number of aryl methyl sites for hydroxylation is 1. The fraction of sp³-hybridized carbons (Fsp3) is 0.636. The van der Waals surface area contributed by atoms with E-state index in [1.165, 1.54) is 27.1 Å². The van der Waals surface area contributed by atoms with Crippen molar-refractivity contribution < 1.29 is 0 Å². The Kier molecular flexibility index (Phi) is 5.15. The number of thiophene rings is 1. The van der Waals surface area contributed by atoms with Crippen LogP contribution in [0.25, 0.3) is 0 Å². The first-order chi connectivity index (χ1) is 6.54. The lowest BCUT2D eigenvalue weighted by Gasteiger charge is -2.12. The van der Waals surface area contributed by atoms with E-state index >= 15 is 0 Å². The van der Waals surface area contributed by atoms with Gasteiger partial charge in [-0.3, -0.25) is 0 Å². The second-order valence-corrected chi connectivity index (χ2v) is 7.02. The molecule has 0 aliphatic carbocycles. The molecule has 1 heterocycles. The van der Waals surface area contributed by atoms with E-state index in [0.717, 1.165) is 5.92 Å². The molecule has 80 valence electrons. The molecule has 0 spiro atoms. The summed E-state index contributed by atoms with van der Waals surface area (Å²) in [7, 11) is 0. The van der Waals surface area contributed by atoms with E-state index in [2.05, 4.69) is 58.7 Å². The fourth-order valence-corrected chi connectivity index (χ4v) is 3.87. The number of halogens is 2. The van der Waals surface area contributed by atoms with Gasteiger partial charge in [0.1, 0.15) is 0 Å². The molecule has 0 nitrogen and oxygen atoms in total. The fourth-order valence-electron chi connectivity index (χ4n) is 1.27. The largest absolute Gasteiger partial charge is 0.143 e. The smallest absolute Gasteiger partial charge is 0.0492 e. The Balaban J connectivity index is 2.64. The molecule has 1 aromatic heterocycles. The highest BCUT2D eigenvalue weighted by Crippen LogP contribution is 2.38. The molecule has 0 saturated heterocycles. The lowest BCUT2D eigenvalue weighted by Crippen LogP contribution is -1.96. The zero-order valence-electron chi connectivity index (χ0n) is 8.81. The molecule has 1 aromatic rings. The van der Waals surface area contributed by atoms with Crippen LogP contribution in [0, 0.1) is 12.8 Å². The number of alkyl halides is 1. The minimum atomic E-state index is 0.521. The summed E-state index contributed by atoms with van der Waals surface area (Å²) in [5.41, 5.74) is 0. The van der Waals surface area contributed by atoms with Crippen molar-refractivity contribution in [3.63, 3.8) is 0 Å². The minimum absolute atomic E-state index is 0.521. The number of rotatable bonds is 4. The van der Waals surface area contributed by atoms with Gasteiger partial charge < -0.3 is 0 Å². The molecular weight excluding hydrogens is 324 g/mol. The van der Waals surface area contributed by atoms with Crippen molar-refractivity contribution >= 4 is 43.2 Å². The molecule has 0 aromatic carbocycles. The van der Waals surface area contributed by atoms with Crippen molar-refractivity contribution in [2.45, 2.75) is 38.4 Å². The SMILES string of the molecule is CCC(C)CC(Br)c1cc(Br)c(C)s1. The standard InChI is InChI=1S/C11H16Br2S/c1-4-7(2)5-10(13)11-6-9(12)8(3)14-11/h6-7,10H,4-5H2,1-3H3. The Labute approximate surface area is 107 Å². The molecular formula is C11H16Br2S. The minimum Gasteiger partial charge on any atom is -0.143 e. The number of hydrogen-bond donors (Lipinski definition) is 0. The van der Waals surface area contributed by atoms with Crippen LogP contribution in [-0.4, -0.2) is 0 Å². The highest BCUT2D eigenvalue weighted by Gasteiger charge is 2.14. The summed E-state index contributed by atoms with van der Waals surface area (Å²) in [6.45, 7) is 6.71. The van der Waals surface area contributed by atoms with E-state index in [-0.39, 0.29) is 0 Å². The molecule has 0 fully saturated rings. The Morgan fingerprint density at radius 2 is 2.14 bits per heavy atom. The Morgan fingerprint density at radius 1 is 1.50 bits per heavy atom. The highest BCUT2D eigenvalue weighted by molar-refractivity contribution is 9.10. The second-order valence-electron chi connectivity index (χ2n) is 3.77. The van der Waals surface area contributed by atoms with Crippen LogP contribution in [0.3, 0.4) is 0 Å². The molecule has 0 N–H and O–H groups in total. The summed E-state index contributed by atoms with van der Waals surface area (Å²) in [5, 5.41) is 0. The average molecular weight is 340 g/mol. The van der Waals surface area contributed by atoms with Gasteiger partial charge in [0, 0.05) is 19.1 Å². The van der Waals surface area contributed by atoms with Gasteiger partial charge in [0.25, 0.3) is 0 Å². The molecule has 0 aliphatic rings. The first-order valence-electron chi connectivity index (χ1n) is 4.94. The quantitative estimate of drug-likeness (QED) is 0.618. The lowest BCUT2D eigenvalue weighted by molar-refractivity contribution is 0.516. The van der Waals surface area contributed by atoms with Gasteiger partial charge in [0.2, 0.25) is 0 Å². The molecule has 3 heteroatoms. The summed E-state index contributed by atoms with van der Waals surface area (Å²) in [6, 6.07) is 2.24. The zero-order valence-corrected chi connectivity index (χ0v) is 12.8. The van der Waals surface area contributed by atoms with Gasteiger partial charge >= 0.3 is 0 Å². The summed E-state index contributed by atoms with van der Waals surface area (Å²) < 4.78 is 1.24. The van der Waals surface area contributed by atoms with Gasteiger partial charge in [-0.25, -0.2) is 0 Å². The van der Waals surface area contributed by atoms with Crippen LogP contribution in [0.15, 0.2) is 10.5 Å². The van der Waals surface area contributed by atoms with Crippen LogP contribution in [0.5, 0.6) is 0 Å². The third kappa shape index (κ3) is 3.35. The first kappa shape index (κ1) is 12.7. The van der Waals surface area contributed by atoms with Gasteiger partial charge in [-0.05, 0) is 41.3 Å². The maximum absolute atomic E-state index is 3.76. The van der Waals surface area contributed by atoms with E-state index in [1.54, 1.807) is 0 Å². The maximum atomic E-state index is 3.76. The van der Waals surface area contributed by atoms with Crippen molar-refractivity contribution in [1.29, 1.82) is 0 Å². The molecule has 2 unspecified atom stereocenters. The molecule has 14 heavy (non-hydrogen) atoms. The molecule has 0 saturated carbocycles. The maximum Gasteiger partial charge on any atom is 0.0492 e. The van der Waals surface area contributed by atoms with Gasteiger partial charge in [0.05, 0.1) is 0 Å². The second kappa shape index (κ2) is 5.66. The van der Waals surface area contributed by atoms with Crippen molar-refractivity contribution in [2.75, 3.05) is 0 Å². The monoisotopic (exact) mass is 338 g/mol. The van der Waals surface area contributed by atoms with E-state index in [1.807, 2.05) is 11.3 Å². The van der Waals surface area contributed by atoms with Crippen LogP contribution < -0.4 is 0 Å². The van der Waals surface area contributed by atoms with Crippen LogP contribution >= 0.6 is 43.2 Å². The Hall–Kier alpha value is 0.660. The normalized spacial score (nSPS) is 15.5. The Bertz CT molecular complexity index is 274. The summed E-state index contributed by atoms with van der Waals surface area (Å²) in [6.07, 6.45) is 2.48. The van der Waals surface area contributed by atoms with Crippen molar-refractivity contribution in [1.82, 2.24) is 0 Å². The molecule has 0 bridgehead atoms. The number of hydrogen-bond acceptors (Lipinski definition) is 1. The Morgan fingerprint density at radius 3 is 2.57 bits per heavy atom. The van der Waals surface area contributed by atoms with Gasteiger partial charge in [0.15, 0.2) is 0 Å². The van der Waals surface area contributed by atoms with E-state index < -0.39 is 0 Å². The molecule has 0 radical (unpaired) electrons. The summed E-state index contributed by atoms with van der Waals surface area (Å²) in [4.78, 5) is 3.33. The molecule has 0 aliphatic heterocycles. The van der Waals surface area contributed by atoms with Crippen molar-refractivity contribution in [2.24, 2.45) is 5.92 Å². The predicted octanol–water partition coefficient (Wildman–Crippen LogP) is 5.69. The van der Waals surface area contributed by atoms with Crippen LogP contribution in [-0.2, 0) is 0 Å². The summed E-state index contributed by atoms with van der Waals surface area (Å²) >= 11 is 9.20. The van der Waals surface area contributed by atoms with Crippen molar-refractivity contribution in [3.8, 4) is 0 Å². The van der Waals surface area contributed by atoms with Gasteiger partial charge in [-0.15, -0.1) is 11.3 Å². The van der Waals surface area contributed by atoms with E-state index in [4.69, 9.17) is 0 Å². The van der Waals surface area contributed by atoms with Gasteiger partial charge in [-0.1, -0.05) is 36.2 Å².